The van der Waals surface area contributed by atoms with Crippen LogP contribution < -0.4 is 15.8 Å². The predicted octanol–water partition coefficient (Wildman–Crippen LogP) is 2.16. The van der Waals surface area contributed by atoms with Crippen LogP contribution in [-0.4, -0.2) is 45.9 Å². The number of hydrogen-bond acceptors (Lipinski definition) is 6. The second kappa shape index (κ2) is 6.82. The summed E-state index contributed by atoms with van der Waals surface area (Å²) in [7, 11) is 0. The number of hydrogen-bond donors (Lipinski definition) is 2. The number of anilines is 1. The Morgan fingerprint density at radius 1 is 1.38 bits per heavy atom. The van der Waals surface area contributed by atoms with Crippen LogP contribution in [0.4, 0.5) is 5.82 Å². The Hall–Kier alpha value is -2.97. The second-order valence-corrected chi connectivity index (χ2v) is 8.04. The van der Waals surface area contributed by atoms with Gasteiger partial charge >= 0.3 is 0 Å². The van der Waals surface area contributed by atoms with E-state index in [0.29, 0.717) is 31.4 Å². The maximum absolute atomic E-state index is 12.0. The van der Waals surface area contributed by atoms with E-state index in [1.54, 1.807) is 10.7 Å². The summed E-state index contributed by atoms with van der Waals surface area (Å²) in [6.07, 6.45) is 5.53. The van der Waals surface area contributed by atoms with Gasteiger partial charge in [-0.1, -0.05) is 0 Å². The first-order chi connectivity index (χ1) is 14.0. The molecule has 3 aromatic rings. The Kier molecular flexibility index (Phi) is 4.25. The third-order valence-corrected chi connectivity index (χ3v) is 5.27. The Bertz CT molecular complexity index is 1090. The normalized spacial score (nSPS) is 17.7. The number of nitrogens with two attached hydrogens (primary N) is 1. The zero-order valence-electron chi connectivity index (χ0n) is 16.2. The van der Waals surface area contributed by atoms with Gasteiger partial charge in [0.2, 0.25) is 5.91 Å². The lowest BCUT2D eigenvalue weighted by molar-refractivity contribution is -0.117. The summed E-state index contributed by atoms with van der Waals surface area (Å²) >= 11 is 0. The van der Waals surface area contributed by atoms with Gasteiger partial charge in [-0.2, -0.15) is 5.10 Å². The Morgan fingerprint density at radius 2 is 2.21 bits per heavy atom. The zero-order valence-corrected chi connectivity index (χ0v) is 16.2. The van der Waals surface area contributed by atoms with E-state index in [1.807, 2.05) is 37.4 Å². The molecule has 1 aliphatic carbocycles. The van der Waals surface area contributed by atoms with E-state index >= 15 is 0 Å². The van der Waals surface area contributed by atoms with Gasteiger partial charge in [0.05, 0.1) is 30.5 Å². The maximum atomic E-state index is 12.0. The molecule has 1 saturated carbocycles. The van der Waals surface area contributed by atoms with Crippen molar-refractivity contribution in [3.05, 3.63) is 42.4 Å². The number of rotatable bonds is 6. The van der Waals surface area contributed by atoms with Crippen molar-refractivity contribution in [3.8, 4) is 16.9 Å². The van der Waals surface area contributed by atoms with Crippen LogP contribution in [0.3, 0.4) is 0 Å². The van der Waals surface area contributed by atoms with Gasteiger partial charge in [0, 0.05) is 29.4 Å². The molecule has 0 radical (unpaired) electrons. The van der Waals surface area contributed by atoms with Crippen LogP contribution in [0.1, 0.15) is 18.5 Å². The van der Waals surface area contributed by atoms with Gasteiger partial charge in [-0.15, -0.1) is 0 Å². The monoisotopic (exact) mass is 393 g/mol. The van der Waals surface area contributed by atoms with Crippen LogP contribution in [0.15, 0.2) is 36.7 Å². The van der Waals surface area contributed by atoms with Crippen LogP contribution >= 0.6 is 0 Å². The number of fused-ring (bicyclic) bond motifs is 1. The van der Waals surface area contributed by atoms with E-state index in [4.69, 9.17) is 15.2 Å². The van der Waals surface area contributed by atoms with Crippen molar-refractivity contribution in [2.24, 2.45) is 11.7 Å². The fourth-order valence-electron chi connectivity index (χ4n) is 3.35. The number of aromatic nitrogens is 3. The summed E-state index contributed by atoms with van der Waals surface area (Å²) in [4.78, 5) is 16.4. The SMILES string of the molecule is Cc1cc(-c2ccn3nc(NC(=O)C4CC4)cc3c2)c(OCC2(N)COC2)cn1. The third-order valence-electron chi connectivity index (χ3n) is 5.27. The van der Waals surface area contributed by atoms with Crippen LogP contribution in [-0.2, 0) is 9.53 Å². The number of ether oxygens (including phenoxy) is 2. The molecule has 0 atom stereocenters. The minimum atomic E-state index is -0.438. The molecule has 0 bridgehead atoms. The summed E-state index contributed by atoms with van der Waals surface area (Å²) in [6, 6.07) is 7.86. The first kappa shape index (κ1) is 18.1. The molecule has 0 unspecified atom stereocenters. The van der Waals surface area contributed by atoms with Gasteiger partial charge in [-0.25, -0.2) is 4.52 Å². The average Bonchev–Trinajstić information content (AvgIpc) is 3.46. The van der Waals surface area contributed by atoms with E-state index in [0.717, 1.165) is 35.2 Å². The summed E-state index contributed by atoms with van der Waals surface area (Å²) in [5.41, 5.74) is 9.46. The Labute approximate surface area is 168 Å². The number of carbonyl (C=O) groups is 1. The molecule has 3 N–H and O–H groups in total. The highest BCUT2D eigenvalue weighted by atomic mass is 16.5. The van der Waals surface area contributed by atoms with Gasteiger partial charge in [0.25, 0.3) is 0 Å². The smallest absolute Gasteiger partial charge is 0.228 e. The highest BCUT2D eigenvalue weighted by Crippen LogP contribution is 2.33. The molecule has 150 valence electrons. The van der Waals surface area contributed by atoms with E-state index in [2.05, 4.69) is 15.4 Å². The standard InChI is InChI=1S/C21H23N5O3/c1-13-6-17(18(9-23-13)29-12-21(22)10-28-11-21)15-4-5-26-16(7-15)8-19(25-26)24-20(27)14-2-3-14/h4-9,14H,2-3,10-12,22H2,1H3,(H,24,25,27). The van der Waals surface area contributed by atoms with Crippen LogP contribution in [0.2, 0.25) is 0 Å². The quantitative estimate of drug-likeness (QED) is 0.665. The first-order valence-electron chi connectivity index (χ1n) is 9.76. The van der Waals surface area contributed by atoms with Crippen molar-refractivity contribution in [3.63, 3.8) is 0 Å². The van der Waals surface area contributed by atoms with Gasteiger partial charge in [-0.3, -0.25) is 9.78 Å². The molecular formula is C21H23N5O3. The summed E-state index contributed by atoms with van der Waals surface area (Å²) in [5.74, 6) is 1.43. The average molecular weight is 393 g/mol. The molecule has 2 aliphatic rings. The largest absolute Gasteiger partial charge is 0.489 e. The predicted molar refractivity (Wildman–Crippen MR) is 108 cm³/mol. The zero-order chi connectivity index (χ0) is 20.0. The van der Waals surface area contributed by atoms with Crippen LogP contribution in [0.5, 0.6) is 5.75 Å². The number of aryl methyl sites for hydroxylation is 1. The van der Waals surface area contributed by atoms with Crippen molar-refractivity contribution in [1.29, 1.82) is 0 Å². The van der Waals surface area contributed by atoms with Crippen molar-refractivity contribution in [2.45, 2.75) is 25.3 Å². The number of pyridine rings is 2. The molecular weight excluding hydrogens is 370 g/mol. The fraction of sp³-hybridized carbons (Fsp3) is 0.381. The molecule has 5 rings (SSSR count). The molecule has 29 heavy (non-hydrogen) atoms. The van der Waals surface area contributed by atoms with E-state index in [1.165, 1.54) is 0 Å². The topological polar surface area (TPSA) is 104 Å². The molecule has 2 fully saturated rings. The number of carbonyl (C=O) groups excluding carboxylic acids is 1. The van der Waals surface area contributed by atoms with Crippen molar-refractivity contribution < 1.29 is 14.3 Å². The van der Waals surface area contributed by atoms with E-state index in [9.17, 15) is 4.79 Å². The lowest BCUT2D eigenvalue weighted by atomic mass is 10.0. The van der Waals surface area contributed by atoms with Gasteiger partial charge in [-0.05, 0) is 43.5 Å². The molecule has 8 heteroatoms. The van der Waals surface area contributed by atoms with Gasteiger partial charge < -0.3 is 20.5 Å². The number of nitrogens with zero attached hydrogens (tertiary/aromatic N) is 3. The molecule has 4 heterocycles. The molecule has 0 spiro atoms. The molecule has 3 aromatic heterocycles. The molecule has 1 saturated heterocycles. The lowest BCUT2D eigenvalue weighted by Gasteiger charge is -2.37. The Balaban J connectivity index is 1.43. The molecule has 0 aromatic carbocycles. The summed E-state index contributed by atoms with van der Waals surface area (Å²) < 4.78 is 13.0. The Morgan fingerprint density at radius 3 is 2.93 bits per heavy atom. The maximum Gasteiger partial charge on any atom is 0.228 e. The number of nitrogens with one attached hydrogen (secondary N) is 1. The van der Waals surface area contributed by atoms with Crippen molar-refractivity contribution in [2.75, 3.05) is 25.1 Å². The van der Waals surface area contributed by atoms with Crippen molar-refractivity contribution in [1.82, 2.24) is 14.6 Å². The highest BCUT2D eigenvalue weighted by Gasteiger charge is 2.35. The molecule has 1 amide bonds. The first-order valence-corrected chi connectivity index (χ1v) is 9.76. The third kappa shape index (κ3) is 3.68. The van der Waals surface area contributed by atoms with Crippen molar-refractivity contribution >= 4 is 17.2 Å². The van der Waals surface area contributed by atoms with E-state index < -0.39 is 5.54 Å². The highest BCUT2D eigenvalue weighted by molar-refractivity contribution is 5.93. The summed E-state index contributed by atoms with van der Waals surface area (Å²) in [6.45, 7) is 3.31. The minimum absolute atomic E-state index is 0.0461. The van der Waals surface area contributed by atoms with Gasteiger partial charge in [0.1, 0.15) is 12.4 Å². The minimum Gasteiger partial charge on any atom is -0.489 e. The molecule has 8 nitrogen and oxygen atoms in total. The second-order valence-electron chi connectivity index (χ2n) is 8.04. The fourth-order valence-corrected chi connectivity index (χ4v) is 3.35. The van der Waals surface area contributed by atoms with Crippen LogP contribution in [0, 0.1) is 12.8 Å². The number of amides is 1. The lowest BCUT2D eigenvalue weighted by Crippen LogP contribution is -2.61. The van der Waals surface area contributed by atoms with Gasteiger partial charge in [0.15, 0.2) is 5.82 Å². The molecule has 1 aliphatic heterocycles. The van der Waals surface area contributed by atoms with Crippen LogP contribution in [0.25, 0.3) is 16.6 Å². The van der Waals surface area contributed by atoms with E-state index in [-0.39, 0.29) is 11.8 Å². The summed E-state index contributed by atoms with van der Waals surface area (Å²) in [5, 5.41) is 7.33.